The number of nitrogens with zero attached hydrogens (tertiary/aromatic N) is 3. The molecule has 0 fully saturated rings. The van der Waals surface area contributed by atoms with Gasteiger partial charge in [0, 0.05) is 13.6 Å². The lowest BCUT2D eigenvalue weighted by Crippen LogP contribution is -2.29. The van der Waals surface area contributed by atoms with Crippen molar-refractivity contribution in [3.63, 3.8) is 0 Å². The monoisotopic (exact) mass is 248 g/mol. The molecule has 0 aliphatic heterocycles. The van der Waals surface area contributed by atoms with E-state index < -0.39 is 11.9 Å². The molecule has 1 heterocycles. The molecule has 0 aromatic carbocycles. The zero-order valence-corrected chi connectivity index (χ0v) is 9.70. The van der Waals surface area contributed by atoms with Crippen molar-refractivity contribution in [2.45, 2.75) is 13.1 Å². The molecule has 17 heavy (non-hydrogen) atoms. The summed E-state index contributed by atoms with van der Waals surface area (Å²) in [5, 5.41) is 6.70. The highest BCUT2D eigenvalue weighted by atomic mass is 19.4. The lowest BCUT2D eigenvalue weighted by molar-refractivity contribution is -0.141. The van der Waals surface area contributed by atoms with Crippen molar-refractivity contribution >= 4 is 5.82 Å². The van der Waals surface area contributed by atoms with Crippen LogP contribution in [0.3, 0.4) is 0 Å². The van der Waals surface area contributed by atoms with Crippen molar-refractivity contribution in [1.82, 2.24) is 10.2 Å². The van der Waals surface area contributed by atoms with Crippen LogP contribution in [0, 0.1) is 5.92 Å². The molecule has 1 aromatic heterocycles. The maximum atomic E-state index is 12.3. The van der Waals surface area contributed by atoms with Gasteiger partial charge in [0.05, 0.1) is 0 Å². The lowest BCUT2D eigenvalue weighted by atomic mass is 10.2. The number of nitrogens with two attached hydrogens (primary N) is 1. The molecular weight excluding hydrogens is 233 g/mol. The van der Waals surface area contributed by atoms with E-state index in [4.69, 9.17) is 5.73 Å². The Bertz CT molecular complexity index is 350. The van der Waals surface area contributed by atoms with Crippen molar-refractivity contribution < 1.29 is 13.2 Å². The highest BCUT2D eigenvalue weighted by Crippen LogP contribution is 2.27. The quantitative estimate of drug-likeness (QED) is 0.877. The molecule has 96 valence electrons. The van der Waals surface area contributed by atoms with Crippen molar-refractivity contribution in [2.75, 3.05) is 25.0 Å². The number of halogens is 3. The molecular formula is C10H15F3N4. The van der Waals surface area contributed by atoms with Crippen LogP contribution in [0.5, 0.6) is 0 Å². The van der Waals surface area contributed by atoms with Gasteiger partial charge in [-0.3, -0.25) is 0 Å². The van der Waals surface area contributed by atoms with E-state index >= 15 is 0 Å². The molecule has 0 saturated carbocycles. The van der Waals surface area contributed by atoms with Gasteiger partial charge in [-0.1, -0.05) is 6.92 Å². The minimum atomic E-state index is -4.45. The number of aromatic nitrogens is 2. The molecule has 1 atom stereocenters. The van der Waals surface area contributed by atoms with Crippen LogP contribution in [0.2, 0.25) is 0 Å². The normalized spacial score (nSPS) is 13.5. The Morgan fingerprint density at radius 3 is 2.41 bits per heavy atom. The predicted molar refractivity (Wildman–Crippen MR) is 58.5 cm³/mol. The number of rotatable bonds is 4. The summed E-state index contributed by atoms with van der Waals surface area (Å²) in [7, 11) is 1.74. The van der Waals surface area contributed by atoms with Crippen molar-refractivity contribution in [3.8, 4) is 0 Å². The first-order valence-corrected chi connectivity index (χ1v) is 5.16. The standard InChI is InChI=1S/C10H15F3N4/c1-7(5-14)6-17(2)9-4-3-8(15-16-9)10(11,12)13/h3-4,7H,5-6,14H2,1-2H3. The van der Waals surface area contributed by atoms with E-state index in [-0.39, 0.29) is 5.92 Å². The van der Waals surface area contributed by atoms with Crippen LogP contribution in [0.15, 0.2) is 12.1 Å². The van der Waals surface area contributed by atoms with Crippen LogP contribution >= 0.6 is 0 Å². The van der Waals surface area contributed by atoms with Crippen molar-refractivity contribution in [2.24, 2.45) is 11.7 Å². The second kappa shape index (κ2) is 5.31. The van der Waals surface area contributed by atoms with E-state index in [0.717, 1.165) is 6.07 Å². The van der Waals surface area contributed by atoms with Crippen LogP contribution in [0.4, 0.5) is 19.0 Å². The first kappa shape index (κ1) is 13.7. The Morgan fingerprint density at radius 2 is 2.00 bits per heavy atom. The maximum Gasteiger partial charge on any atom is 0.435 e. The number of hydrogen-bond acceptors (Lipinski definition) is 4. The van der Waals surface area contributed by atoms with E-state index in [1.165, 1.54) is 6.07 Å². The minimum absolute atomic E-state index is 0.240. The smallest absolute Gasteiger partial charge is 0.358 e. The summed E-state index contributed by atoms with van der Waals surface area (Å²) in [6.07, 6.45) is -4.45. The fourth-order valence-corrected chi connectivity index (χ4v) is 1.32. The minimum Gasteiger partial charge on any atom is -0.358 e. The van der Waals surface area contributed by atoms with Crippen LogP contribution in [0.1, 0.15) is 12.6 Å². The largest absolute Gasteiger partial charge is 0.435 e. The molecule has 0 saturated heterocycles. The van der Waals surface area contributed by atoms with E-state index in [9.17, 15) is 13.2 Å². The first-order chi connectivity index (χ1) is 7.84. The average molecular weight is 248 g/mol. The predicted octanol–water partition coefficient (Wildman–Crippen LogP) is 1.53. The summed E-state index contributed by atoms with van der Waals surface area (Å²) in [6, 6.07) is 2.23. The van der Waals surface area contributed by atoms with Gasteiger partial charge in [-0.05, 0) is 24.6 Å². The summed E-state index contributed by atoms with van der Waals surface area (Å²) >= 11 is 0. The SMILES string of the molecule is CC(CN)CN(C)c1ccc(C(F)(F)F)nn1. The van der Waals surface area contributed by atoms with Gasteiger partial charge in [0.15, 0.2) is 11.5 Å². The lowest BCUT2D eigenvalue weighted by Gasteiger charge is -2.21. The van der Waals surface area contributed by atoms with Crippen molar-refractivity contribution in [3.05, 3.63) is 17.8 Å². The third-order valence-corrected chi connectivity index (χ3v) is 2.32. The third-order valence-electron chi connectivity index (χ3n) is 2.32. The fraction of sp³-hybridized carbons (Fsp3) is 0.600. The summed E-state index contributed by atoms with van der Waals surface area (Å²) < 4.78 is 36.8. The van der Waals surface area contributed by atoms with Gasteiger partial charge < -0.3 is 10.6 Å². The molecule has 0 bridgehead atoms. The summed E-state index contributed by atoms with van der Waals surface area (Å²) in [6.45, 7) is 3.09. The average Bonchev–Trinajstić information content (AvgIpc) is 2.27. The molecule has 0 aliphatic carbocycles. The molecule has 1 unspecified atom stereocenters. The molecule has 7 heteroatoms. The molecule has 1 aromatic rings. The Kier molecular flexibility index (Phi) is 4.28. The highest BCUT2D eigenvalue weighted by molar-refractivity contribution is 5.36. The highest BCUT2D eigenvalue weighted by Gasteiger charge is 2.32. The second-order valence-corrected chi connectivity index (χ2v) is 4.00. The summed E-state index contributed by atoms with van der Waals surface area (Å²) in [4.78, 5) is 1.73. The van der Waals surface area contributed by atoms with E-state index in [1.807, 2.05) is 6.92 Å². The molecule has 0 radical (unpaired) electrons. The summed E-state index contributed by atoms with van der Waals surface area (Å²) in [5.74, 6) is 0.641. The van der Waals surface area contributed by atoms with Gasteiger partial charge in [0.2, 0.25) is 0 Å². The Morgan fingerprint density at radius 1 is 1.35 bits per heavy atom. The van der Waals surface area contributed by atoms with Crippen molar-refractivity contribution in [1.29, 1.82) is 0 Å². The van der Waals surface area contributed by atoms with Gasteiger partial charge in [-0.15, -0.1) is 10.2 Å². The zero-order chi connectivity index (χ0) is 13.1. The van der Waals surface area contributed by atoms with Crippen LogP contribution in [0.25, 0.3) is 0 Å². The maximum absolute atomic E-state index is 12.3. The molecule has 2 N–H and O–H groups in total. The number of hydrogen-bond donors (Lipinski definition) is 1. The van der Waals surface area contributed by atoms with Gasteiger partial charge >= 0.3 is 6.18 Å². The Labute approximate surface area is 97.6 Å². The van der Waals surface area contributed by atoms with Gasteiger partial charge in [-0.2, -0.15) is 13.2 Å². The Balaban J connectivity index is 2.74. The summed E-state index contributed by atoms with van der Waals surface area (Å²) in [5.41, 5.74) is 4.48. The molecule has 4 nitrogen and oxygen atoms in total. The molecule has 0 spiro atoms. The first-order valence-electron chi connectivity index (χ1n) is 5.16. The number of alkyl halides is 3. The molecule has 0 aliphatic rings. The van der Waals surface area contributed by atoms with E-state index in [0.29, 0.717) is 18.9 Å². The van der Waals surface area contributed by atoms with E-state index in [1.54, 1.807) is 11.9 Å². The van der Waals surface area contributed by atoms with Crippen LogP contribution in [-0.2, 0) is 6.18 Å². The topological polar surface area (TPSA) is 55.0 Å². The molecule has 0 amide bonds. The molecule has 1 rings (SSSR count). The third kappa shape index (κ3) is 3.85. The zero-order valence-electron chi connectivity index (χ0n) is 9.70. The van der Waals surface area contributed by atoms with Gasteiger partial charge in [0.25, 0.3) is 0 Å². The van der Waals surface area contributed by atoms with Gasteiger partial charge in [0.1, 0.15) is 0 Å². The Hall–Kier alpha value is -1.37. The van der Waals surface area contributed by atoms with Gasteiger partial charge in [-0.25, -0.2) is 0 Å². The van der Waals surface area contributed by atoms with E-state index in [2.05, 4.69) is 10.2 Å². The van der Waals surface area contributed by atoms with Crippen LogP contribution in [-0.4, -0.2) is 30.3 Å². The van der Waals surface area contributed by atoms with Crippen LogP contribution < -0.4 is 10.6 Å². The second-order valence-electron chi connectivity index (χ2n) is 4.00. The number of anilines is 1. The fourth-order valence-electron chi connectivity index (χ4n) is 1.32.